The monoisotopic (exact) mass is 688 g/mol. The lowest BCUT2D eigenvalue weighted by molar-refractivity contribution is -0.476. The molecule has 0 aromatic heterocycles. The van der Waals surface area contributed by atoms with Gasteiger partial charge in [0.2, 0.25) is 0 Å². The summed E-state index contributed by atoms with van der Waals surface area (Å²) in [5.74, 6) is -96.3. The van der Waals surface area contributed by atoms with Crippen molar-refractivity contribution in [2.24, 2.45) is 0 Å². The average molecular weight is 688 g/mol. The zero-order valence-electron chi connectivity index (χ0n) is 18.7. The first-order valence-corrected chi connectivity index (χ1v) is 9.65. The zero-order valence-corrected chi connectivity index (χ0v) is 18.7. The number of ether oxygens (including phenoxy) is 2. The van der Waals surface area contributed by atoms with Crippen molar-refractivity contribution < 1.29 is 115 Å². The average Bonchev–Trinajstić information content (AvgIpc) is 3.61. The predicted octanol–water partition coefficient (Wildman–Crippen LogP) is 7.66. The van der Waals surface area contributed by atoms with E-state index in [2.05, 4.69) is 9.47 Å². The molecule has 0 bridgehead atoms. The minimum atomic E-state index is -9.47. The highest BCUT2D eigenvalue weighted by atomic mass is 19.4. The second-order valence-electron chi connectivity index (χ2n) is 8.27. The van der Waals surface area contributed by atoms with Gasteiger partial charge in [0.1, 0.15) is 12.7 Å². The van der Waals surface area contributed by atoms with Crippen LogP contribution in [0.3, 0.4) is 0 Å². The van der Waals surface area contributed by atoms with Crippen LogP contribution in [0.5, 0.6) is 0 Å². The molecule has 1 saturated heterocycles. The van der Waals surface area contributed by atoms with Crippen LogP contribution >= 0.6 is 0 Å². The van der Waals surface area contributed by atoms with Crippen molar-refractivity contribution >= 4 is 0 Å². The molecule has 0 spiro atoms. The molecule has 252 valence electrons. The van der Waals surface area contributed by atoms with Gasteiger partial charge < -0.3 is 9.47 Å². The Labute approximate surface area is 213 Å². The fourth-order valence-corrected chi connectivity index (χ4v) is 2.53. The van der Waals surface area contributed by atoms with Crippen LogP contribution in [0.25, 0.3) is 0 Å². The van der Waals surface area contributed by atoms with Crippen molar-refractivity contribution in [3.05, 3.63) is 0 Å². The molecule has 1 aliphatic heterocycles. The molecule has 0 radical (unpaired) electrons. The largest absolute Gasteiger partial charge is 0.385 e. The lowest BCUT2D eigenvalue weighted by atomic mass is 9.84. The summed E-state index contributed by atoms with van der Waals surface area (Å²) in [6.45, 7) is -4.73. The number of hydrogen-bond donors (Lipinski definition) is 0. The van der Waals surface area contributed by atoms with Gasteiger partial charge in [0, 0.05) is 0 Å². The van der Waals surface area contributed by atoms with E-state index in [1.165, 1.54) is 0 Å². The van der Waals surface area contributed by atoms with Gasteiger partial charge in [0.25, 0.3) is 0 Å². The molecular formula is C16H8F24O2. The molecule has 0 aromatic carbocycles. The van der Waals surface area contributed by atoms with Gasteiger partial charge in [0.05, 0.1) is 13.2 Å². The van der Waals surface area contributed by atoms with Crippen molar-refractivity contribution in [3.8, 4) is 0 Å². The Morgan fingerprint density at radius 1 is 0.476 bits per heavy atom. The summed E-state index contributed by atoms with van der Waals surface area (Å²) in [6, 6.07) is 0. The van der Waals surface area contributed by atoms with Gasteiger partial charge in [0.15, 0.2) is 0 Å². The quantitative estimate of drug-likeness (QED) is 0.130. The molecule has 1 rings (SSSR count). The third-order valence-electron chi connectivity index (χ3n) is 5.30. The third kappa shape index (κ3) is 4.88. The van der Waals surface area contributed by atoms with Gasteiger partial charge in [-0.1, -0.05) is 0 Å². The van der Waals surface area contributed by atoms with E-state index in [0.717, 1.165) is 0 Å². The highest BCUT2D eigenvalue weighted by molar-refractivity contribution is 5.19. The second kappa shape index (κ2) is 10.1. The Morgan fingerprint density at radius 2 is 0.738 bits per heavy atom. The summed E-state index contributed by atoms with van der Waals surface area (Å²) in [5.41, 5.74) is 0. The Hall–Kier alpha value is -1.76. The Kier molecular flexibility index (Phi) is 9.23. The first-order valence-electron chi connectivity index (χ1n) is 9.65. The van der Waals surface area contributed by atoms with Gasteiger partial charge in [-0.2, -0.15) is 96.6 Å². The zero-order chi connectivity index (χ0) is 34.2. The maximum Gasteiger partial charge on any atom is 0.385 e. The van der Waals surface area contributed by atoms with E-state index in [1.54, 1.807) is 0 Å². The van der Waals surface area contributed by atoms with Gasteiger partial charge in [-0.25, -0.2) is 8.78 Å². The summed E-state index contributed by atoms with van der Waals surface area (Å²) >= 11 is 0. The molecule has 1 heterocycles. The maximum absolute atomic E-state index is 13.7. The highest BCUT2D eigenvalue weighted by Gasteiger charge is 2.98. The molecule has 0 aliphatic carbocycles. The van der Waals surface area contributed by atoms with Gasteiger partial charge in [-0.15, -0.1) is 0 Å². The van der Waals surface area contributed by atoms with E-state index in [9.17, 15) is 105 Å². The number of halogens is 24. The van der Waals surface area contributed by atoms with Crippen molar-refractivity contribution in [2.75, 3.05) is 19.8 Å². The first kappa shape index (κ1) is 38.3. The van der Waals surface area contributed by atoms with Crippen LogP contribution in [-0.2, 0) is 9.47 Å². The van der Waals surface area contributed by atoms with E-state index in [-0.39, 0.29) is 6.61 Å². The van der Waals surface area contributed by atoms with Crippen LogP contribution in [0.1, 0.15) is 0 Å². The lowest BCUT2D eigenvalue weighted by Crippen LogP contribution is -2.78. The van der Waals surface area contributed by atoms with E-state index >= 15 is 0 Å². The molecule has 1 fully saturated rings. The molecule has 2 nitrogen and oxygen atoms in total. The Morgan fingerprint density at radius 3 is 1.00 bits per heavy atom. The smallest absolute Gasteiger partial charge is 0.372 e. The predicted molar refractivity (Wildman–Crippen MR) is 81.0 cm³/mol. The fraction of sp³-hybridized carbons (Fsp3) is 1.00. The van der Waals surface area contributed by atoms with Crippen molar-refractivity contribution in [1.29, 1.82) is 0 Å². The van der Waals surface area contributed by atoms with E-state index < -0.39 is 90.9 Å². The summed E-state index contributed by atoms with van der Waals surface area (Å²) in [6.07, 6.45) is -7.44. The first-order chi connectivity index (χ1) is 18.0. The van der Waals surface area contributed by atoms with Crippen LogP contribution in [-0.4, -0.2) is 97.5 Å². The topological polar surface area (TPSA) is 21.8 Å². The highest BCUT2D eigenvalue weighted by Crippen LogP contribution is 2.67. The second-order valence-corrected chi connectivity index (χ2v) is 8.27. The van der Waals surface area contributed by atoms with E-state index in [4.69, 9.17) is 0 Å². The number of rotatable bonds is 15. The SMILES string of the molecule is FC(F)C(F)(F)C(F)(F)C(F)(F)C(F)(F)C(F)(F)C(F)(F)C(F)(F)C(F)(F)C(F)(F)C(F)(F)C(F)(F)COCC1CO1. The molecule has 26 heteroatoms. The molecule has 42 heavy (non-hydrogen) atoms. The van der Waals surface area contributed by atoms with E-state index in [1.807, 2.05) is 0 Å². The van der Waals surface area contributed by atoms with Crippen molar-refractivity contribution in [3.63, 3.8) is 0 Å². The fourth-order valence-electron chi connectivity index (χ4n) is 2.53. The number of hydrogen-bond acceptors (Lipinski definition) is 2. The van der Waals surface area contributed by atoms with E-state index in [0.29, 0.717) is 0 Å². The van der Waals surface area contributed by atoms with Crippen LogP contribution in [0.15, 0.2) is 0 Å². The molecule has 0 N–H and O–H groups in total. The molecule has 0 saturated carbocycles. The molecule has 1 aliphatic rings. The van der Waals surface area contributed by atoms with Gasteiger partial charge in [-0.05, 0) is 0 Å². The summed E-state index contributed by atoms with van der Waals surface area (Å²) in [5, 5.41) is 0. The lowest BCUT2D eigenvalue weighted by Gasteiger charge is -2.45. The summed E-state index contributed by atoms with van der Waals surface area (Å²) < 4.78 is 328. The molecule has 1 atom stereocenters. The van der Waals surface area contributed by atoms with Crippen LogP contribution in [0.4, 0.5) is 105 Å². The van der Waals surface area contributed by atoms with Crippen molar-refractivity contribution in [2.45, 2.75) is 77.7 Å². The summed E-state index contributed by atoms with van der Waals surface area (Å²) in [7, 11) is 0. The van der Waals surface area contributed by atoms with Crippen molar-refractivity contribution in [1.82, 2.24) is 0 Å². The van der Waals surface area contributed by atoms with Crippen LogP contribution in [0.2, 0.25) is 0 Å². The van der Waals surface area contributed by atoms with Gasteiger partial charge in [-0.3, -0.25) is 0 Å². The van der Waals surface area contributed by atoms with Crippen LogP contribution in [0, 0.1) is 0 Å². The Balaban J connectivity index is 3.69. The summed E-state index contributed by atoms with van der Waals surface area (Å²) in [4.78, 5) is 0. The molecule has 0 amide bonds. The Bertz CT molecular complexity index is 966. The van der Waals surface area contributed by atoms with Crippen LogP contribution < -0.4 is 0 Å². The molecule has 0 aromatic rings. The van der Waals surface area contributed by atoms with Gasteiger partial charge >= 0.3 is 71.6 Å². The molecule has 1 unspecified atom stereocenters. The minimum absolute atomic E-state index is 0.346. The number of alkyl halides is 24. The third-order valence-corrected chi connectivity index (χ3v) is 5.30. The maximum atomic E-state index is 13.7. The standard InChI is InChI=1S/C16H8F24O2/c17-5(18)7(21,22)9(25,26)11(29,30)13(33,34)15(37,38)16(39,40)14(35,36)12(31,32)10(27,28)8(23,24)6(19,20)3-41-1-4-2-42-4/h4-5H,1-3H2. The normalized spacial score (nSPS) is 19.5. The minimum Gasteiger partial charge on any atom is -0.372 e. The molecular weight excluding hydrogens is 680 g/mol. The number of epoxide rings is 1.